The minimum absolute atomic E-state index is 0.0142. The molecule has 6 heteroatoms. The van der Waals surface area contributed by atoms with E-state index in [0.717, 1.165) is 57.9 Å². The number of imidazole rings is 1. The molecule has 1 aliphatic heterocycles. The van der Waals surface area contributed by atoms with Crippen molar-refractivity contribution >= 4 is 32.4 Å². The number of aromatic nitrogens is 2. The molecule has 2 aromatic heterocycles. The summed E-state index contributed by atoms with van der Waals surface area (Å²) in [4.78, 5) is 18.4. The molecular weight excluding hydrogens is 368 g/mol. The highest BCUT2D eigenvalue weighted by Crippen LogP contribution is 2.30. The van der Waals surface area contributed by atoms with Gasteiger partial charge in [-0.3, -0.25) is 9.20 Å². The summed E-state index contributed by atoms with van der Waals surface area (Å²) >= 11 is 1.62. The minimum Gasteiger partial charge on any atom is -0.349 e. The monoisotopic (exact) mass is 390 g/mol. The number of hydrogen-bond acceptors (Lipinski definition) is 4. The molecule has 5 rings (SSSR count). The lowest BCUT2D eigenvalue weighted by Crippen LogP contribution is -2.42. The number of hydrogen-bond donors (Lipinski definition) is 2. The van der Waals surface area contributed by atoms with Gasteiger partial charge >= 0.3 is 0 Å². The van der Waals surface area contributed by atoms with Gasteiger partial charge in [0.25, 0.3) is 5.91 Å². The van der Waals surface area contributed by atoms with Crippen molar-refractivity contribution in [2.45, 2.75) is 25.8 Å². The van der Waals surface area contributed by atoms with Crippen molar-refractivity contribution in [1.82, 2.24) is 20.0 Å². The Morgan fingerprint density at radius 1 is 1.21 bits per heavy atom. The van der Waals surface area contributed by atoms with E-state index in [-0.39, 0.29) is 11.9 Å². The molecule has 1 saturated heterocycles. The van der Waals surface area contributed by atoms with Gasteiger partial charge in [0.1, 0.15) is 0 Å². The van der Waals surface area contributed by atoms with Gasteiger partial charge < -0.3 is 10.6 Å². The van der Waals surface area contributed by atoms with Crippen LogP contribution >= 0.6 is 11.3 Å². The number of carbonyl (C=O) groups is 1. The average Bonchev–Trinajstić information content (AvgIpc) is 3.26. The van der Waals surface area contributed by atoms with E-state index < -0.39 is 0 Å². The molecule has 0 bridgehead atoms. The van der Waals surface area contributed by atoms with E-state index in [1.807, 2.05) is 18.2 Å². The Labute approximate surface area is 167 Å². The minimum atomic E-state index is 0.0142. The molecule has 0 saturated carbocycles. The summed E-state index contributed by atoms with van der Waals surface area (Å²) < 4.78 is 3.20. The van der Waals surface area contributed by atoms with E-state index in [1.54, 1.807) is 11.3 Å². The van der Waals surface area contributed by atoms with Crippen molar-refractivity contribution in [1.29, 1.82) is 0 Å². The van der Waals surface area contributed by atoms with E-state index >= 15 is 0 Å². The van der Waals surface area contributed by atoms with E-state index in [4.69, 9.17) is 4.98 Å². The number of amides is 1. The predicted octanol–water partition coefficient (Wildman–Crippen LogP) is 4.01. The highest BCUT2D eigenvalue weighted by molar-refractivity contribution is 7.23. The first-order valence-electron chi connectivity index (χ1n) is 9.68. The Kier molecular flexibility index (Phi) is 4.37. The number of nitrogens with zero attached hydrogens (tertiary/aromatic N) is 2. The Balaban J connectivity index is 1.45. The summed E-state index contributed by atoms with van der Waals surface area (Å²) in [5.74, 6) is 0.0142. The van der Waals surface area contributed by atoms with Crippen LogP contribution in [0.2, 0.25) is 0 Å². The lowest BCUT2D eigenvalue weighted by molar-refractivity contribution is 0.0929. The maximum atomic E-state index is 12.6. The summed E-state index contributed by atoms with van der Waals surface area (Å²) in [6.07, 6.45) is 4.06. The Bertz CT molecular complexity index is 1170. The van der Waals surface area contributed by atoms with E-state index in [0.29, 0.717) is 0 Å². The van der Waals surface area contributed by atoms with Crippen LogP contribution in [0.25, 0.3) is 26.4 Å². The summed E-state index contributed by atoms with van der Waals surface area (Å²) in [5.41, 5.74) is 5.13. The number of nitrogens with one attached hydrogen (secondary N) is 2. The topological polar surface area (TPSA) is 58.4 Å². The van der Waals surface area contributed by atoms with Crippen LogP contribution in [0, 0.1) is 6.92 Å². The largest absolute Gasteiger partial charge is 0.349 e. The van der Waals surface area contributed by atoms with Gasteiger partial charge in [0.05, 0.1) is 15.9 Å². The standard InChI is InChI=1S/C22H22N4OS/c1-14-3-2-4-15(11-14)18-13-26-19-6-5-16(12-20(19)28-22(26)25-18)21(27)24-17-7-9-23-10-8-17/h2-6,11-13,17,23H,7-10H2,1H3,(H,24,27). The first kappa shape index (κ1) is 17.4. The molecule has 4 aromatic rings. The van der Waals surface area contributed by atoms with Crippen molar-refractivity contribution < 1.29 is 4.79 Å². The molecule has 28 heavy (non-hydrogen) atoms. The molecule has 0 unspecified atom stereocenters. The van der Waals surface area contributed by atoms with Crippen LogP contribution < -0.4 is 10.6 Å². The lowest BCUT2D eigenvalue weighted by atomic mass is 10.1. The zero-order valence-electron chi connectivity index (χ0n) is 15.7. The van der Waals surface area contributed by atoms with Crippen LogP contribution in [0.4, 0.5) is 0 Å². The SMILES string of the molecule is Cc1cccc(-c2cn3c(n2)sc2cc(C(=O)NC4CCNCC4)ccc23)c1. The first-order valence-corrected chi connectivity index (χ1v) is 10.5. The van der Waals surface area contributed by atoms with Crippen molar-refractivity contribution in [2.24, 2.45) is 0 Å². The fourth-order valence-corrected chi connectivity index (χ4v) is 4.87. The molecule has 0 radical (unpaired) electrons. The summed E-state index contributed by atoms with van der Waals surface area (Å²) in [7, 11) is 0. The average molecular weight is 391 g/mol. The zero-order chi connectivity index (χ0) is 19.1. The number of piperidine rings is 1. The maximum absolute atomic E-state index is 12.6. The molecule has 2 aromatic carbocycles. The second kappa shape index (κ2) is 7.04. The van der Waals surface area contributed by atoms with Gasteiger partial charge in [-0.1, -0.05) is 35.1 Å². The molecule has 1 fully saturated rings. The van der Waals surface area contributed by atoms with E-state index in [9.17, 15) is 4.79 Å². The molecule has 2 N–H and O–H groups in total. The number of aryl methyl sites for hydroxylation is 1. The van der Waals surface area contributed by atoms with Gasteiger partial charge in [-0.05, 0) is 57.1 Å². The van der Waals surface area contributed by atoms with Crippen molar-refractivity contribution in [3.8, 4) is 11.3 Å². The number of rotatable bonds is 3. The van der Waals surface area contributed by atoms with Gasteiger partial charge in [-0.25, -0.2) is 4.98 Å². The molecule has 1 amide bonds. The highest BCUT2D eigenvalue weighted by atomic mass is 32.1. The number of benzene rings is 2. The summed E-state index contributed by atoms with van der Waals surface area (Å²) in [6, 6.07) is 14.6. The van der Waals surface area contributed by atoms with Gasteiger partial charge in [-0.15, -0.1) is 0 Å². The van der Waals surface area contributed by atoms with Crippen LogP contribution in [0.1, 0.15) is 28.8 Å². The van der Waals surface area contributed by atoms with Gasteiger partial charge in [-0.2, -0.15) is 0 Å². The second-order valence-corrected chi connectivity index (χ2v) is 8.44. The molecular formula is C22H22N4OS. The highest BCUT2D eigenvalue weighted by Gasteiger charge is 2.17. The second-order valence-electron chi connectivity index (χ2n) is 7.43. The van der Waals surface area contributed by atoms with Crippen LogP contribution in [0.15, 0.2) is 48.7 Å². The van der Waals surface area contributed by atoms with Crippen LogP contribution in [-0.2, 0) is 0 Å². The third kappa shape index (κ3) is 3.19. The molecule has 0 spiro atoms. The molecule has 1 aliphatic rings. The Hall–Kier alpha value is -2.70. The van der Waals surface area contributed by atoms with Crippen LogP contribution in [0.5, 0.6) is 0 Å². The molecule has 142 valence electrons. The third-order valence-corrected chi connectivity index (χ3v) is 6.36. The first-order chi connectivity index (χ1) is 13.7. The van der Waals surface area contributed by atoms with Gasteiger partial charge in [0, 0.05) is 23.4 Å². The number of fused-ring (bicyclic) bond motifs is 3. The smallest absolute Gasteiger partial charge is 0.251 e. The quantitative estimate of drug-likeness (QED) is 0.556. The fraction of sp³-hybridized carbons (Fsp3) is 0.273. The zero-order valence-corrected chi connectivity index (χ0v) is 16.6. The molecule has 3 heterocycles. The van der Waals surface area contributed by atoms with E-state index in [2.05, 4.69) is 52.4 Å². The molecule has 5 nitrogen and oxygen atoms in total. The van der Waals surface area contributed by atoms with Crippen LogP contribution in [0.3, 0.4) is 0 Å². The fourth-order valence-electron chi connectivity index (χ4n) is 3.82. The number of carbonyl (C=O) groups excluding carboxylic acids is 1. The maximum Gasteiger partial charge on any atom is 0.251 e. The lowest BCUT2D eigenvalue weighted by Gasteiger charge is -2.23. The molecule has 0 atom stereocenters. The van der Waals surface area contributed by atoms with Crippen molar-refractivity contribution in [3.05, 3.63) is 59.8 Å². The van der Waals surface area contributed by atoms with Crippen molar-refractivity contribution in [3.63, 3.8) is 0 Å². The summed E-state index contributed by atoms with van der Waals surface area (Å²) in [5, 5.41) is 6.49. The predicted molar refractivity (Wildman–Crippen MR) is 114 cm³/mol. The Morgan fingerprint density at radius 3 is 2.89 bits per heavy atom. The van der Waals surface area contributed by atoms with Gasteiger partial charge in [0.2, 0.25) is 0 Å². The van der Waals surface area contributed by atoms with Crippen LogP contribution in [-0.4, -0.2) is 34.4 Å². The van der Waals surface area contributed by atoms with Gasteiger partial charge in [0.15, 0.2) is 4.96 Å². The van der Waals surface area contributed by atoms with E-state index in [1.165, 1.54) is 5.56 Å². The summed E-state index contributed by atoms with van der Waals surface area (Å²) in [6.45, 7) is 4.03. The number of thiazole rings is 1. The van der Waals surface area contributed by atoms with Crippen molar-refractivity contribution in [2.75, 3.05) is 13.1 Å². The Morgan fingerprint density at radius 2 is 2.07 bits per heavy atom. The normalized spacial score (nSPS) is 15.3. The third-order valence-electron chi connectivity index (χ3n) is 5.34. The molecule has 0 aliphatic carbocycles.